The van der Waals surface area contributed by atoms with Gasteiger partial charge >= 0.3 is 5.97 Å². The van der Waals surface area contributed by atoms with Crippen molar-refractivity contribution in [3.8, 4) is 0 Å². The molecule has 0 aliphatic heterocycles. The number of carbonyl (C=O) groups is 1. The zero-order valence-electron chi connectivity index (χ0n) is 12.9. The van der Waals surface area contributed by atoms with E-state index in [0.717, 1.165) is 12.7 Å². The van der Waals surface area contributed by atoms with Gasteiger partial charge in [0.2, 0.25) is 9.84 Å². The maximum absolute atomic E-state index is 12.9. The van der Waals surface area contributed by atoms with Crippen LogP contribution < -0.4 is 5.56 Å². The fourth-order valence-corrected chi connectivity index (χ4v) is 3.88. The Morgan fingerprint density at radius 2 is 1.79 bits per heavy atom. The van der Waals surface area contributed by atoms with Crippen molar-refractivity contribution < 1.29 is 17.9 Å². The van der Waals surface area contributed by atoms with Gasteiger partial charge in [0.25, 0.3) is 5.56 Å². The molecule has 2 N–H and O–H groups in total. The Kier molecular flexibility index (Phi) is 3.76. The van der Waals surface area contributed by atoms with Crippen LogP contribution in [0.25, 0.3) is 10.9 Å². The summed E-state index contributed by atoms with van der Waals surface area (Å²) in [5.74, 6) is -0.846. The van der Waals surface area contributed by atoms with Gasteiger partial charge in [0, 0.05) is 11.6 Å². The number of pyridine rings is 1. The smallest absolute Gasteiger partial charge is 0.341 e. The van der Waals surface area contributed by atoms with Gasteiger partial charge in [0.15, 0.2) is 5.03 Å². The number of nitrogens with one attached hydrogen (secondary N) is 2. The third-order valence-electron chi connectivity index (χ3n) is 3.69. The number of hydrogen-bond acceptors (Lipinski definition) is 5. The predicted molar refractivity (Wildman–Crippen MR) is 86.9 cm³/mol. The second-order valence-corrected chi connectivity index (χ2v) is 7.12. The SMILES string of the molecule is COC(=O)c1c(S(=O)(=O)c2ccc(C)cc2)[nH]c(=O)c2[nH]ccc12. The Balaban J connectivity index is 2.38. The van der Waals surface area contributed by atoms with Gasteiger partial charge in [-0.1, -0.05) is 17.7 Å². The van der Waals surface area contributed by atoms with E-state index in [1.807, 2.05) is 6.92 Å². The van der Waals surface area contributed by atoms with E-state index in [1.54, 1.807) is 12.1 Å². The lowest BCUT2D eigenvalue weighted by Gasteiger charge is -2.10. The number of aromatic amines is 2. The summed E-state index contributed by atoms with van der Waals surface area (Å²) < 4.78 is 30.5. The molecule has 0 bridgehead atoms. The first-order valence-electron chi connectivity index (χ1n) is 6.99. The molecular formula is C16H14N2O5S. The normalized spacial score (nSPS) is 11.6. The number of sulfone groups is 1. The number of esters is 1. The van der Waals surface area contributed by atoms with E-state index in [2.05, 4.69) is 9.97 Å². The summed E-state index contributed by atoms with van der Waals surface area (Å²) in [6.07, 6.45) is 1.45. The number of aryl methyl sites for hydroxylation is 1. The zero-order chi connectivity index (χ0) is 17.5. The monoisotopic (exact) mass is 346 g/mol. The molecule has 0 fully saturated rings. The largest absolute Gasteiger partial charge is 0.465 e. The first-order valence-corrected chi connectivity index (χ1v) is 8.48. The molecule has 0 spiro atoms. The highest BCUT2D eigenvalue weighted by Gasteiger charge is 2.29. The molecular weight excluding hydrogens is 332 g/mol. The first kappa shape index (κ1) is 16.0. The summed E-state index contributed by atoms with van der Waals surface area (Å²) in [6.45, 7) is 1.82. The number of methoxy groups -OCH3 is 1. The third-order valence-corrected chi connectivity index (χ3v) is 5.42. The number of rotatable bonds is 3. The lowest BCUT2D eigenvalue weighted by molar-refractivity contribution is 0.0597. The highest BCUT2D eigenvalue weighted by molar-refractivity contribution is 7.91. The van der Waals surface area contributed by atoms with Gasteiger partial charge in [-0.15, -0.1) is 0 Å². The Morgan fingerprint density at radius 1 is 1.12 bits per heavy atom. The molecule has 0 saturated carbocycles. The fraction of sp³-hybridized carbons (Fsp3) is 0.125. The van der Waals surface area contributed by atoms with E-state index in [4.69, 9.17) is 4.74 Å². The number of ether oxygens (including phenoxy) is 1. The standard InChI is InChI=1S/C16H14N2O5S/c1-9-3-5-10(6-4-9)24(21,22)15-12(16(20)23-2)11-7-8-17-13(11)14(19)18-15/h3-8,17H,1-2H3,(H,18,19). The molecule has 1 aromatic carbocycles. The molecule has 0 atom stereocenters. The fourth-order valence-electron chi connectivity index (χ4n) is 2.46. The van der Waals surface area contributed by atoms with Crippen LogP contribution in [0.1, 0.15) is 15.9 Å². The number of hydrogen-bond donors (Lipinski definition) is 2. The van der Waals surface area contributed by atoms with Crippen LogP contribution in [-0.2, 0) is 14.6 Å². The molecule has 3 aromatic rings. The van der Waals surface area contributed by atoms with Crippen molar-refractivity contribution >= 4 is 26.7 Å². The van der Waals surface area contributed by atoms with Gasteiger partial charge < -0.3 is 14.7 Å². The second-order valence-electron chi connectivity index (χ2n) is 5.23. The molecule has 0 aliphatic rings. The highest BCUT2D eigenvalue weighted by Crippen LogP contribution is 2.27. The average molecular weight is 346 g/mol. The van der Waals surface area contributed by atoms with Crippen LogP contribution in [0.3, 0.4) is 0 Å². The number of carbonyl (C=O) groups excluding carboxylic acids is 1. The third kappa shape index (κ3) is 2.41. The van der Waals surface area contributed by atoms with E-state index in [-0.39, 0.29) is 21.4 Å². The molecule has 0 radical (unpaired) electrons. The van der Waals surface area contributed by atoms with Crippen LogP contribution in [0.4, 0.5) is 0 Å². The summed E-state index contributed by atoms with van der Waals surface area (Å²) in [4.78, 5) is 29.3. The molecule has 8 heteroatoms. The van der Waals surface area contributed by atoms with Crippen LogP contribution in [0.15, 0.2) is 51.2 Å². The maximum Gasteiger partial charge on any atom is 0.341 e. The van der Waals surface area contributed by atoms with E-state index in [9.17, 15) is 18.0 Å². The number of H-pyrrole nitrogens is 2. The average Bonchev–Trinajstić information content (AvgIpc) is 3.04. The minimum atomic E-state index is -4.10. The van der Waals surface area contributed by atoms with Gasteiger partial charge in [0.1, 0.15) is 11.1 Å². The van der Waals surface area contributed by atoms with Crippen LogP contribution >= 0.6 is 0 Å². The van der Waals surface area contributed by atoms with Crippen LogP contribution in [0.5, 0.6) is 0 Å². The van der Waals surface area contributed by atoms with Crippen molar-refractivity contribution in [3.63, 3.8) is 0 Å². The predicted octanol–water partition coefficient (Wildman–Crippen LogP) is 1.78. The van der Waals surface area contributed by atoms with Crippen molar-refractivity contribution in [2.24, 2.45) is 0 Å². The second kappa shape index (κ2) is 5.64. The first-order chi connectivity index (χ1) is 11.4. The summed E-state index contributed by atoms with van der Waals surface area (Å²) in [5, 5.41) is -0.286. The van der Waals surface area contributed by atoms with Crippen molar-refractivity contribution in [2.75, 3.05) is 7.11 Å². The molecule has 2 heterocycles. The Bertz CT molecular complexity index is 1090. The van der Waals surface area contributed by atoms with Crippen molar-refractivity contribution in [2.45, 2.75) is 16.8 Å². The lowest BCUT2D eigenvalue weighted by Crippen LogP contribution is -2.20. The Morgan fingerprint density at radius 3 is 2.42 bits per heavy atom. The maximum atomic E-state index is 12.9. The molecule has 124 valence electrons. The number of fused-ring (bicyclic) bond motifs is 1. The van der Waals surface area contributed by atoms with Gasteiger partial charge in [-0.2, -0.15) is 0 Å². The topological polar surface area (TPSA) is 109 Å². The van der Waals surface area contributed by atoms with E-state index < -0.39 is 26.4 Å². The summed E-state index contributed by atoms with van der Waals surface area (Å²) in [5.41, 5.74) is 0.164. The molecule has 0 amide bonds. The van der Waals surface area contributed by atoms with Gasteiger partial charge in [-0.25, -0.2) is 13.2 Å². The van der Waals surface area contributed by atoms with Crippen LogP contribution in [0, 0.1) is 6.92 Å². The summed E-state index contributed by atoms with van der Waals surface area (Å²) in [7, 11) is -2.96. The molecule has 2 aromatic heterocycles. The van der Waals surface area contributed by atoms with Crippen molar-refractivity contribution in [1.82, 2.24) is 9.97 Å². The molecule has 3 rings (SSSR count). The van der Waals surface area contributed by atoms with E-state index >= 15 is 0 Å². The molecule has 0 saturated heterocycles. The zero-order valence-corrected chi connectivity index (χ0v) is 13.7. The summed E-state index contributed by atoms with van der Waals surface area (Å²) >= 11 is 0. The van der Waals surface area contributed by atoms with E-state index in [1.165, 1.54) is 24.4 Å². The number of benzene rings is 1. The minimum absolute atomic E-state index is 0.0243. The molecule has 24 heavy (non-hydrogen) atoms. The van der Waals surface area contributed by atoms with Crippen LogP contribution in [0.2, 0.25) is 0 Å². The molecule has 0 aliphatic carbocycles. The highest BCUT2D eigenvalue weighted by atomic mass is 32.2. The van der Waals surface area contributed by atoms with E-state index in [0.29, 0.717) is 0 Å². The van der Waals surface area contributed by atoms with Crippen molar-refractivity contribution in [1.29, 1.82) is 0 Å². The lowest BCUT2D eigenvalue weighted by atomic mass is 10.2. The quantitative estimate of drug-likeness (QED) is 0.703. The van der Waals surface area contributed by atoms with Gasteiger partial charge in [0.05, 0.1) is 12.0 Å². The minimum Gasteiger partial charge on any atom is -0.465 e. The molecule has 7 nitrogen and oxygen atoms in total. The molecule has 0 unspecified atom stereocenters. The summed E-state index contributed by atoms with van der Waals surface area (Å²) in [6, 6.07) is 7.58. The van der Waals surface area contributed by atoms with Gasteiger partial charge in [-0.05, 0) is 25.1 Å². The van der Waals surface area contributed by atoms with Gasteiger partial charge in [-0.3, -0.25) is 4.79 Å². The van der Waals surface area contributed by atoms with Crippen LogP contribution in [-0.4, -0.2) is 31.5 Å². The number of aromatic nitrogens is 2. The van der Waals surface area contributed by atoms with Crippen molar-refractivity contribution in [3.05, 3.63) is 58.0 Å². The Hall–Kier alpha value is -2.87. The Labute approximate surface area is 137 Å².